The first-order valence-corrected chi connectivity index (χ1v) is 6.97. The van der Waals surface area contributed by atoms with Gasteiger partial charge in [0.05, 0.1) is 12.2 Å². The van der Waals surface area contributed by atoms with Crippen molar-refractivity contribution in [3.63, 3.8) is 0 Å². The number of hydrogen-bond acceptors (Lipinski definition) is 3. The summed E-state index contributed by atoms with van der Waals surface area (Å²) in [5, 5.41) is 1.71. The Bertz CT molecular complexity index is 610. The summed E-state index contributed by atoms with van der Waals surface area (Å²) in [6.07, 6.45) is 0. The lowest BCUT2D eigenvalue weighted by Crippen LogP contribution is -2.07. The van der Waals surface area contributed by atoms with Gasteiger partial charge in [0.25, 0.3) is 0 Å². The van der Waals surface area contributed by atoms with Crippen molar-refractivity contribution in [2.24, 2.45) is 7.05 Å². The Kier molecular flexibility index (Phi) is 3.92. The van der Waals surface area contributed by atoms with E-state index in [1.807, 2.05) is 11.6 Å². The molecule has 0 amide bonds. The number of carbonyl (C=O) groups is 1. The number of rotatable bonds is 3. The molecule has 2 aromatic heterocycles. The standard InChI is InChI=1S/C12H12BrClN2O2/c1-3-18-12(17)10-7-4-5-9(14)15-11(7)16(2)8(10)6-13/h4-5H,3,6H2,1-2H3. The van der Waals surface area contributed by atoms with Gasteiger partial charge >= 0.3 is 5.97 Å². The molecule has 6 heteroatoms. The van der Waals surface area contributed by atoms with E-state index in [1.165, 1.54) is 0 Å². The number of carbonyl (C=O) groups excluding carboxylic acids is 1. The van der Waals surface area contributed by atoms with Crippen LogP contribution >= 0.6 is 27.5 Å². The number of alkyl halides is 1. The minimum Gasteiger partial charge on any atom is -0.462 e. The fraction of sp³-hybridized carbons (Fsp3) is 0.333. The Morgan fingerprint density at radius 2 is 2.28 bits per heavy atom. The van der Waals surface area contributed by atoms with Crippen molar-refractivity contribution in [3.8, 4) is 0 Å². The fourth-order valence-corrected chi connectivity index (χ4v) is 2.71. The Morgan fingerprint density at radius 1 is 1.56 bits per heavy atom. The lowest BCUT2D eigenvalue weighted by atomic mass is 10.2. The molecular formula is C12H12BrClN2O2. The maximum atomic E-state index is 12.0. The first-order chi connectivity index (χ1) is 8.60. The maximum Gasteiger partial charge on any atom is 0.340 e. The number of ether oxygens (including phenoxy) is 1. The molecule has 0 aliphatic carbocycles. The van der Waals surface area contributed by atoms with E-state index in [9.17, 15) is 4.79 Å². The van der Waals surface area contributed by atoms with Crippen molar-refractivity contribution < 1.29 is 9.53 Å². The molecule has 0 saturated heterocycles. The zero-order chi connectivity index (χ0) is 13.3. The molecule has 0 saturated carbocycles. The Balaban J connectivity index is 2.73. The second-order valence-electron chi connectivity index (χ2n) is 3.74. The molecule has 2 heterocycles. The minimum absolute atomic E-state index is 0.332. The summed E-state index contributed by atoms with van der Waals surface area (Å²) in [6, 6.07) is 3.47. The van der Waals surface area contributed by atoms with E-state index in [-0.39, 0.29) is 5.97 Å². The first kappa shape index (κ1) is 13.4. The van der Waals surface area contributed by atoms with Gasteiger partial charge in [-0.1, -0.05) is 27.5 Å². The summed E-state index contributed by atoms with van der Waals surface area (Å²) in [7, 11) is 1.85. The summed E-state index contributed by atoms with van der Waals surface area (Å²) in [4.78, 5) is 16.3. The van der Waals surface area contributed by atoms with E-state index in [0.717, 1.165) is 11.1 Å². The molecular weight excluding hydrogens is 320 g/mol. The van der Waals surface area contributed by atoms with Gasteiger partial charge in [-0.2, -0.15) is 0 Å². The summed E-state index contributed by atoms with van der Waals surface area (Å²) < 4.78 is 6.94. The van der Waals surface area contributed by atoms with E-state index in [1.54, 1.807) is 19.1 Å². The highest BCUT2D eigenvalue weighted by molar-refractivity contribution is 9.08. The second-order valence-corrected chi connectivity index (χ2v) is 4.69. The molecule has 2 rings (SSSR count). The normalized spacial score (nSPS) is 10.9. The molecule has 0 aromatic carbocycles. The number of fused-ring (bicyclic) bond motifs is 1. The third-order valence-corrected chi connectivity index (χ3v) is 3.47. The van der Waals surface area contributed by atoms with Gasteiger partial charge in [0.15, 0.2) is 0 Å². The second kappa shape index (κ2) is 5.28. The van der Waals surface area contributed by atoms with Crippen LogP contribution in [0.15, 0.2) is 12.1 Å². The van der Waals surface area contributed by atoms with Crippen LogP contribution in [0.25, 0.3) is 11.0 Å². The first-order valence-electron chi connectivity index (χ1n) is 5.47. The minimum atomic E-state index is -0.332. The average Bonchev–Trinajstić information content (AvgIpc) is 2.62. The van der Waals surface area contributed by atoms with Crippen molar-refractivity contribution in [1.82, 2.24) is 9.55 Å². The summed E-state index contributed by atoms with van der Waals surface area (Å²) in [6.45, 7) is 2.13. The highest BCUT2D eigenvalue weighted by Gasteiger charge is 2.22. The van der Waals surface area contributed by atoms with Crippen LogP contribution in [0.1, 0.15) is 23.0 Å². The predicted molar refractivity (Wildman–Crippen MR) is 74.3 cm³/mol. The Hall–Kier alpha value is -1.07. The van der Waals surface area contributed by atoms with Crippen molar-refractivity contribution in [1.29, 1.82) is 0 Å². The third kappa shape index (κ3) is 2.12. The van der Waals surface area contributed by atoms with E-state index in [4.69, 9.17) is 16.3 Å². The monoisotopic (exact) mass is 330 g/mol. The van der Waals surface area contributed by atoms with Crippen molar-refractivity contribution >= 4 is 44.5 Å². The lowest BCUT2D eigenvalue weighted by Gasteiger charge is -2.03. The Morgan fingerprint density at radius 3 is 2.89 bits per heavy atom. The predicted octanol–water partition coefficient (Wildman–Crippen LogP) is 3.30. The quantitative estimate of drug-likeness (QED) is 0.492. The van der Waals surface area contributed by atoms with Crippen LogP contribution in [-0.4, -0.2) is 22.1 Å². The summed E-state index contributed by atoms with van der Waals surface area (Å²) in [5.41, 5.74) is 2.06. The summed E-state index contributed by atoms with van der Waals surface area (Å²) >= 11 is 9.27. The number of hydrogen-bond donors (Lipinski definition) is 0. The van der Waals surface area contributed by atoms with Crippen LogP contribution in [0.3, 0.4) is 0 Å². The molecule has 0 spiro atoms. The topological polar surface area (TPSA) is 44.1 Å². The van der Waals surface area contributed by atoms with Crippen molar-refractivity contribution in [3.05, 3.63) is 28.5 Å². The average molecular weight is 332 g/mol. The van der Waals surface area contributed by atoms with Crippen molar-refractivity contribution in [2.45, 2.75) is 12.3 Å². The van der Waals surface area contributed by atoms with Crippen LogP contribution in [0.4, 0.5) is 0 Å². The Labute approximate surface area is 118 Å². The van der Waals surface area contributed by atoms with Gasteiger partial charge in [0.2, 0.25) is 0 Å². The maximum absolute atomic E-state index is 12.0. The number of aryl methyl sites for hydroxylation is 1. The number of nitrogens with zero attached hydrogens (tertiary/aromatic N) is 2. The molecule has 0 radical (unpaired) electrons. The van der Waals surface area contributed by atoms with Gasteiger partial charge in [0.1, 0.15) is 10.8 Å². The molecule has 0 aliphatic rings. The van der Waals surface area contributed by atoms with E-state index in [0.29, 0.717) is 28.3 Å². The molecule has 0 N–H and O–H groups in total. The number of esters is 1. The van der Waals surface area contributed by atoms with Crippen LogP contribution in [-0.2, 0) is 17.1 Å². The van der Waals surface area contributed by atoms with Crippen LogP contribution in [0, 0.1) is 0 Å². The number of aromatic nitrogens is 2. The molecule has 0 atom stereocenters. The van der Waals surface area contributed by atoms with E-state index in [2.05, 4.69) is 20.9 Å². The van der Waals surface area contributed by atoms with Gasteiger partial charge in [0, 0.05) is 23.5 Å². The van der Waals surface area contributed by atoms with E-state index < -0.39 is 0 Å². The molecule has 2 aromatic rings. The van der Waals surface area contributed by atoms with Gasteiger partial charge in [-0.05, 0) is 19.1 Å². The molecule has 4 nitrogen and oxygen atoms in total. The van der Waals surface area contributed by atoms with E-state index >= 15 is 0 Å². The molecule has 18 heavy (non-hydrogen) atoms. The smallest absolute Gasteiger partial charge is 0.340 e. The fourth-order valence-electron chi connectivity index (χ4n) is 1.91. The number of pyridine rings is 1. The zero-order valence-electron chi connectivity index (χ0n) is 10.0. The highest BCUT2D eigenvalue weighted by Crippen LogP contribution is 2.27. The number of halogens is 2. The molecule has 0 fully saturated rings. The van der Waals surface area contributed by atoms with Crippen LogP contribution in [0.5, 0.6) is 0 Å². The highest BCUT2D eigenvalue weighted by atomic mass is 79.9. The van der Waals surface area contributed by atoms with Gasteiger partial charge in [-0.25, -0.2) is 9.78 Å². The summed E-state index contributed by atoms with van der Waals surface area (Å²) in [5.74, 6) is -0.332. The van der Waals surface area contributed by atoms with Crippen LogP contribution < -0.4 is 0 Å². The molecule has 96 valence electrons. The van der Waals surface area contributed by atoms with Gasteiger partial charge in [-0.15, -0.1) is 0 Å². The molecule has 0 unspecified atom stereocenters. The largest absolute Gasteiger partial charge is 0.462 e. The van der Waals surface area contributed by atoms with Crippen molar-refractivity contribution in [2.75, 3.05) is 6.61 Å². The molecule has 0 aliphatic heterocycles. The lowest BCUT2D eigenvalue weighted by molar-refractivity contribution is 0.0527. The third-order valence-electron chi connectivity index (χ3n) is 2.73. The SMILES string of the molecule is CCOC(=O)c1c(CBr)n(C)c2nc(Cl)ccc12. The van der Waals surface area contributed by atoms with Gasteiger partial charge < -0.3 is 9.30 Å². The van der Waals surface area contributed by atoms with Crippen LogP contribution in [0.2, 0.25) is 5.15 Å². The van der Waals surface area contributed by atoms with Gasteiger partial charge in [-0.3, -0.25) is 0 Å². The zero-order valence-corrected chi connectivity index (χ0v) is 12.4. The molecule has 0 bridgehead atoms.